The lowest BCUT2D eigenvalue weighted by atomic mass is 10.2. The second-order valence-electron chi connectivity index (χ2n) is 6.75. The molecule has 7 heteroatoms. The summed E-state index contributed by atoms with van der Waals surface area (Å²) in [6.45, 7) is 3.13. The molecule has 3 rings (SSSR count). The maximum Gasteiger partial charge on any atom is 0.410 e. The second-order valence-corrected chi connectivity index (χ2v) is 6.75. The van der Waals surface area contributed by atoms with Gasteiger partial charge in [0.1, 0.15) is 12.6 Å². The zero-order chi connectivity index (χ0) is 19.1. The third-order valence-corrected chi connectivity index (χ3v) is 4.74. The molecule has 0 saturated carbocycles. The molecule has 2 aliphatic rings. The third-order valence-electron chi connectivity index (χ3n) is 4.74. The summed E-state index contributed by atoms with van der Waals surface area (Å²) in [6, 6.07) is 8.74. The van der Waals surface area contributed by atoms with Crippen molar-refractivity contribution in [1.82, 2.24) is 4.90 Å². The van der Waals surface area contributed by atoms with Gasteiger partial charge in [0.25, 0.3) is 0 Å². The minimum absolute atomic E-state index is 0.156. The zero-order valence-electron chi connectivity index (χ0n) is 15.7. The van der Waals surface area contributed by atoms with Gasteiger partial charge in [-0.1, -0.05) is 30.3 Å². The molecule has 2 saturated heterocycles. The van der Waals surface area contributed by atoms with Crippen molar-refractivity contribution in [3.8, 4) is 0 Å². The molecule has 0 aromatic heterocycles. The maximum atomic E-state index is 12.6. The van der Waals surface area contributed by atoms with Crippen molar-refractivity contribution < 1.29 is 28.5 Å². The molecule has 0 spiro atoms. The highest BCUT2D eigenvalue weighted by Crippen LogP contribution is 2.26. The first-order valence-corrected chi connectivity index (χ1v) is 9.58. The van der Waals surface area contributed by atoms with Gasteiger partial charge in [-0.05, 0) is 31.7 Å². The van der Waals surface area contributed by atoms with E-state index >= 15 is 0 Å². The Morgan fingerprint density at radius 1 is 1.19 bits per heavy atom. The summed E-state index contributed by atoms with van der Waals surface area (Å²) in [5.74, 6) is -0.426. The van der Waals surface area contributed by atoms with Gasteiger partial charge in [-0.25, -0.2) is 9.59 Å². The summed E-state index contributed by atoms with van der Waals surface area (Å²) < 4.78 is 22.1. The van der Waals surface area contributed by atoms with Gasteiger partial charge in [-0.2, -0.15) is 0 Å². The summed E-state index contributed by atoms with van der Waals surface area (Å²) >= 11 is 0. The lowest BCUT2D eigenvalue weighted by Gasteiger charge is -2.25. The van der Waals surface area contributed by atoms with Gasteiger partial charge in [-0.3, -0.25) is 4.90 Å². The van der Waals surface area contributed by atoms with E-state index < -0.39 is 18.1 Å². The number of hydrogen-bond donors (Lipinski definition) is 0. The molecule has 0 N–H and O–H groups in total. The van der Waals surface area contributed by atoms with Crippen molar-refractivity contribution in [1.29, 1.82) is 0 Å². The van der Waals surface area contributed by atoms with Crippen molar-refractivity contribution in [2.75, 3.05) is 19.8 Å². The first kappa shape index (κ1) is 19.6. The molecule has 1 amide bonds. The van der Waals surface area contributed by atoms with E-state index in [2.05, 4.69) is 0 Å². The van der Waals surface area contributed by atoms with E-state index in [-0.39, 0.29) is 32.2 Å². The SMILES string of the molecule is CCOC(=O)[C@@H]1C[C@@H](OC2CCCCO2)CN1C(=O)OCc1ccccc1. The Morgan fingerprint density at radius 3 is 2.70 bits per heavy atom. The Kier molecular flexibility index (Phi) is 7.06. The lowest BCUT2D eigenvalue weighted by molar-refractivity contribution is -0.185. The average molecular weight is 377 g/mol. The van der Waals surface area contributed by atoms with E-state index in [9.17, 15) is 9.59 Å². The standard InChI is InChI=1S/C20H27NO6/c1-2-24-19(22)17-12-16(27-18-10-6-7-11-25-18)13-21(17)20(23)26-14-15-8-4-3-5-9-15/h3-5,8-9,16-18H,2,6-7,10-14H2,1H3/t16-,17+,18?/m1/s1. The van der Waals surface area contributed by atoms with Crippen LogP contribution in [0.2, 0.25) is 0 Å². The van der Waals surface area contributed by atoms with Crippen LogP contribution in [0.5, 0.6) is 0 Å². The molecular formula is C20H27NO6. The number of amides is 1. The molecule has 27 heavy (non-hydrogen) atoms. The van der Waals surface area contributed by atoms with Gasteiger partial charge in [-0.15, -0.1) is 0 Å². The van der Waals surface area contributed by atoms with Crippen LogP contribution in [0, 0.1) is 0 Å². The molecule has 1 aromatic rings. The van der Waals surface area contributed by atoms with Crippen LogP contribution in [-0.4, -0.2) is 55.2 Å². The Labute approximate surface area is 159 Å². The number of carbonyl (C=O) groups excluding carboxylic acids is 2. The Balaban J connectivity index is 1.60. The number of hydrogen-bond acceptors (Lipinski definition) is 6. The van der Waals surface area contributed by atoms with Crippen LogP contribution in [0.1, 0.15) is 38.2 Å². The fraction of sp³-hybridized carbons (Fsp3) is 0.600. The van der Waals surface area contributed by atoms with E-state index in [1.54, 1.807) is 6.92 Å². The highest BCUT2D eigenvalue weighted by molar-refractivity contribution is 5.82. The number of nitrogens with zero attached hydrogens (tertiary/aromatic N) is 1. The van der Waals surface area contributed by atoms with Gasteiger partial charge >= 0.3 is 12.1 Å². The molecule has 0 aliphatic carbocycles. The zero-order valence-corrected chi connectivity index (χ0v) is 15.7. The minimum Gasteiger partial charge on any atom is -0.464 e. The van der Waals surface area contributed by atoms with E-state index in [1.807, 2.05) is 30.3 Å². The van der Waals surface area contributed by atoms with Gasteiger partial charge < -0.3 is 18.9 Å². The third kappa shape index (κ3) is 5.43. The molecule has 1 aromatic carbocycles. The predicted molar refractivity (Wildman–Crippen MR) is 96.8 cm³/mol. The molecule has 2 fully saturated rings. The summed E-state index contributed by atoms with van der Waals surface area (Å²) in [7, 11) is 0. The Morgan fingerprint density at radius 2 is 2.00 bits per heavy atom. The highest BCUT2D eigenvalue weighted by Gasteiger charge is 2.43. The molecule has 1 unspecified atom stereocenters. The van der Waals surface area contributed by atoms with Crippen LogP contribution in [0.15, 0.2) is 30.3 Å². The second kappa shape index (κ2) is 9.71. The molecule has 0 radical (unpaired) electrons. The predicted octanol–water partition coefficient (Wildman–Crippen LogP) is 2.87. The van der Waals surface area contributed by atoms with Crippen LogP contribution in [-0.2, 0) is 30.3 Å². The fourth-order valence-electron chi connectivity index (χ4n) is 3.40. The van der Waals surface area contributed by atoms with Crippen molar-refractivity contribution >= 4 is 12.1 Å². The van der Waals surface area contributed by atoms with Gasteiger partial charge in [0.15, 0.2) is 6.29 Å². The van der Waals surface area contributed by atoms with E-state index in [4.69, 9.17) is 18.9 Å². The highest BCUT2D eigenvalue weighted by atomic mass is 16.7. The number of ether oxygens (including phenoxy) is 4. The summed E-state index contributed by atoms with van der Waals surface area (Å²) in [4.78, 5) is 26.3. The van der Waals surface area contributed by atoms with Crippen LogP contribution >= 0.6 is 0 Å². The number of rotatable bonds is 6. The summed E-state index contributed by atoms with van der Waals surface area (Å²) in [5, 5.41) is 0. The number of benzene rings is 1. The molecule has 0 bridgehead atoms. The van der Waals surface area contributed by atoms with Gasteiger partial charge in [0, 0.05) is 13.0 Å². The van der Waals surface area contributed by atoms with Crippen LogP contribution in [0.3, 0.4) is 0 Å². The van der Waals surface area contributed by atoms with Crippen LogP contribution in [0.4, 0.5) is 4.79 Å². The topological polar surface area (TPSA) is 74.3 Å². The monoisotopic (exact) mass is 377 g/mol. The molecule has 3 atom stereocenters. The van der Waals surface area contributed by atoms with Gasteiger partial charge in [0.2, 0.25) is 0 Å². The number of esters is 1. The van der Waals surface area contributed by atoms with E-state index in [1.165, 1.54) is 4.90 Å². The molecular weight excluding hydrogens is 350 g/mol. The van der Waals surface area contributed by atoms with Crippen molar-refractivity contribution in [2.24, 2.45) is 0 Å². The smallest absolute Gasteiger partial charge is 0.410 e. The number of carbonyl (C=O) groups is 2. The molecule has 148 valence electrons. The lowest BCUT2D eigenvalue weighted by Crippen LogP contribution is -2.41. The average Bonchev–Trinajstić information content (AvgIpc) is 3.12. The number of likely N-dealkylation sites (tertiary alicyclic amines) is 1. The molecule has 2 aliphatic heterocycles. The normalized spacial score (nSPS) is 25.2. The first-order valence-electron chi connectivity index (χ1n) is 9.58. The minimum atomic E-state index is -0.693. The Bertz CT molecular complexity index is 616. The first-order chi connectivity index (χ1) is 13.2. The van der Waals surface area contributed by atoms with Crippen molar-refractivity contribution in [3.05, 3.63) is 35.9 Å². The summed E-state index contributed by atoms with van der Waals surface area (Å²) in [5.41, 5.74) is 0.890. The van der Waals surface area contributed by atoms with E-state index in [0.29, 0.717) is 13.0 Å². The van der Waals surface area contributed by atoms with Gasteiger partial charge in [0.05, 0.1) is 19.3 Å². The maximum absolute atomic E-state index is 12.6. The largest absolute Gasteiger partial charge is 0.464 e. The van der Waals surface area contributed by atoms with E-state index in [0.717, 1.165) is 24.8 Å². The van der Waals surface area contributed by atoms with Crippen LogP contribution in [0.25, 0.3) is 0 Å². The quantitative estimate of drug-likeness (QED) is 0.710. The molecule has 2 heterocycles. The van der Waals surface area contributed by atoms with Crippen molar-refractivity contribution in [2.45, 2.75) is 57.6 Å². The van der Waals surface area contributed by atoms with Crippen LogP contribution < -0.4 is 0 Å². The Hall–Kier alpha value is -2.12. The van der Waals surface area contributed by atoms with Crippen molar-refractivity contribution in [3.63, 3.8) is 0 Å². The fourth-order valence-corrected chi connectivity index (χ4v) is 3.40. The summed E-state index contributed by atoms with van der Waals surface area (Å²) in [6.07, 6.45) is 2.24. The molecule has 7 nitrogen and oxygen atoms in total.